The van der Waals surface area contributed by atoms with E-state index in [9.17, 15) is 9.59 Å². The zero-order valence-corrected chi connectivity index (χ0v) is 13.7. The van der Waals surface area contributed by atoms with Crippen LogP contribution in [-0.2, 0) is 4.79 Å². The number of para-hydroxylation sites is 2. The Kier molecular flexibility index (Phi) is 4.79. The van der Waals surface area contributed by atoms with Crippen LogP contribution < -0.4 is 10.6 Å². The number of anilines is 2. The zero-order chi connectivity index (χ0) is 16.9. The quantitative estimate of drug-likeness (QED) is 0.906. The van der Waals surface area contributed by atoms with Gasteiger partial charge in [-0.25, -0.2) is 4.79 Å². The first-order chi connectivity index (χ1) is 11.6. The predicted molar refractivity (Wildman–Crippen MR) is 95.0 cm³/mol. The molecule has 0 bridgehead atoms. The van der Waals surface area contributed by atoms with Gasteiger partial charge in [-0.1, -0.05) is 36.4 Å². The molecule has 5 heteroatoms. The first kappa shape index (κ1) is 16.1. The highest BCUT2D eigenvalue weighted by atomic mass is 16.2. The lowest BCUT2D eigenvalue weighted by atomic mass is 10.1. The Morgan fingerprint density at radius 2 is 1.71 bits per heavy atom. The molecule has 1 aliphatic rings. The van der Waals surface area contributed by atoms with Crippen molar-refractivity contribution in [1.82, 2.24) is 4.90 Å². The molecule has 5 nitrogen and oxygen atoms in total. The highest BCUT2D eigenvalue weighted by molar-refractivity contribution is 5.99. The van der Waals surface area contributed by atoms with Gasteiger partial charge in [-0.3, -0.25) is 4.79 Å². The second-order valence-electron chi connectivity index (χ2n) is 5.95. The molecule has 3 amide bonds. The lowest BCUT2D eigenvalue weighted by Crippen LogP contribution is -2.45. The lowest BCUT2D eigenvalue weighted by molar-refractivity contribution is -0.119. The van der Waals surface area contributed by atoms with Crippen molar-refractivity contribution in [2.45, 2.75) is 25.8 Å². The van der Waals surface area contributed by atoms with Gasteiger partial charge in [0, 0.05) is 17.9 Å². The zero-order valence-electron chi connectivity index (χ0n) is 13.7. The van der Waals surface area contributed by atoms with Crippen molar-refractivity contribution >= 4 is 23.3 Å². The molecule has 0 radical (unpaired) electrons. The number of carbonyl (C=O) groups is 2. The third-order valence-electron chi connectivity index (χ3n) is 4.24. The second kappa shape index (κ2) is 7.17. The molecule has 0 aromatic heterocycles. The summed E-state index contributed by atoms with van der Waals surface area (Å²) in [5.41, 5.74) is 2.52. The number of aryl methyl sites for hydroxylation is 1. The van der Waals surface area contributed by atoms with Crippen LogP contribution in [0.5, 0.6) is 0 Å². The summed E-state index contributed by atoms with van der Waals surface area (Å²) in [4.78, 5) is 26.7. The molecule has 2 aromatic rings. The Labute approximate surface area is 141 Å². The van der Waals surface area contributed by atoms with Crippen LogP contribution in [0.1, 0.15) is 18.4 Å². The summed E-state index contributed by atoms with van der Waals surface area (Å²) in [6, 6.07) is 16.2. The molecule has 2 aromatic carbocycles. The van der Waals surface area contributed by atoms with Crippen molar-refractivity contribution in [3.63, 3.8) is 0 Å². The number of benzene rings is 2. The van der Waals surface area contributed by atoms with Crippen molar-refractivity contribution in [3.05, 3.63) is 60.2 Å². The number of nitrogens with one attached hydrogen (secondary N) is 2. The third-order valence-corrected chi connectivity index (χ3v) is 4.24. The van der Waals surface area contributed by atoms with E-state index < -0.39 is 6.04 Å². The van der Waals surface area contributed by atoms with Crippen LogP contribution >= 0.6 is 0 Å². The number of amides is 3. The fourth-order valence-corrected chi connectivity index (χ4v) is 2.93. The third kappa shape index (κ3) is 3.56. The maximum Gasteiger partial charge on any atom is 0.322 e. The summed E-state index contributed by atoms with van der Waals surface area (Å²) in [6.07, 6.45) is 1.51. The van der Waals surface area contributed by atoms with Gasteiger partial charge in [0.2, 0.25) is 5.91 Å². The molecular weight excluding hydrogens is 302 g/mol. The summed E-state index contributed by atoms with van der Waals surface area (Å²) in [6.45, 7) is 2.54. The number of carbonyl (C=O) groups excluding carboxylic acids is 2. The number of rotatable bonds is 3. The van der Waals surface area contributed by atoms with E-state index in [0.29, 0.717) is 13.0 Å². The molecule has 1 heterocycles. The summed E-state index contributed by atoms with van der Waals surface area (Å²) in [7, 11) is 0. The molecule has 0 aliphatic carbocycles. The van der Waals surface area contributed by atoms with E-state index in [2.05, 4.69) is 10.6 Å². The van der Waals surface area contributed by atoms with Crippen molar-refractivity contribution in [2.75, 3.05) is 17.2 Å². The van der Waals surface area contributed by atoms with Crippen LogP contribution in [0.15, 0.2) is 54.6 Å². The van der Waals surface area contributed by atoms with Crippen molar-refractivity contribution in [2.24, 2.45) is 0 Å². The molecular formula is C19H21N3O2. The Morgan fingerprint density at radius 1 is 1.00 bits per heavy atom. The van der Waals surface area contributed by atoms with Crippen molar-refractivity contribution < 1.29 is 9.59 Å². The van der Waals surface area contributed by atoms with Gasteiger partial charge in [0.25, 0.3) is 0 Å². The molecule has 0 spiro atoms. The fourth-order valence-electron chi connectivity index (χ4n) is 2.93. The van der Waals surface area contributed by atoms with Crippen molar-refractivity contribution in [3.8, 4) is 0 Å². The summed E-state index contributed by atoms with van der Waals surface area (Å²) >= 11 is 0. The molecule has 124 valence electrons. The molecule has 24 heavy (non-hydrogen) atoms. The average Bonchev–Trinajstić information content (AvgIpc) is 3.08. The number of likely N-dealkylation sites (tertiary alicyclic amines) is 1. The van der Waals surface area contributed by atoms with E-state index in [0.717, 1.165) is 23.4 Å². The van der Waals surface area contributed by atoms with Crippen LogP contribution in [-0.4, -0.2) is 29.4 Å². The van der Waals surface area contributed by atoms with Gasteiger partial charge in [-0.15, -0.1) is 0 Å². The maximum atomic E-state index is 12.6. The highest BCUT2D eigenvalue weighted by Gasteiger charge is 2.34. The van der Waals surface area contributed by atoms with Crippen LogP contribution in [0.4, 0.5) is 16.2 Å². The van der Waals surface area contributed by atoms with E-state index in [1.165, 1.54) is 0 Å². The molecule has 1 unspecified atom stereocenters. The minimum absolute atomic E-state index is 0.134. The highest BCUT2D eigenvalue weighted by Crippen LogP contribution is 2.22. The molecule has 2 N–H and O–H groups in total. The Morgan fingerprint density at radius 3 is 2.46 bits per heavy atom. The van der Waals surface area contributed by atoms with Gasteiger partial charge in [0.1, 0.15) is 6.04 Å². The first-order valence-electron chi connectivity index (χ1n) is 8.14. The van der Waals surface area contributed by atoms with Gasteiger partial charge >= 0.3 is 6.03 Å². The van der Waals surface area contributed by atoms with Gasteiger partial charge in [0.05, 0.1) is 0 Å². The van der Waals surface area contributed by atoms with E-state index in [1.807, 2.05) is 61.5 Å². The topological polar surface area (TPSA) is 61.4 Å². The standard InChI is InChI=1S/C19H21N3O2/c1-14-8-5-6-11-16(14)21-18(23)17-12-7-13-22(17)19(24)20-15-9-3-2-4-10-15/h2-6,8-11,17H,7,12-13H2,1H3,(H,20,24)(H,21,23). The van der Waals surface area contributed by atoms with E-state index >= 15 is 0 Å². The van der Waals surface area contributed by atoms with Gasteiger partial charge in [0.15, 0.2) is 0 Å². The summed E-state index contributed by atoms with van der Waals surface area (Å²) < 4.78 is 0. The van der Waals surface area contributed by atoms with E-state index in [-0.39, 0.29) is 11.9 Å². The molecule has 1 fully saturated rings. The Balaban J connectivity index is 1.67. The summed E-state index contributed by atoms with van der Waals surface area (Å²) in [5, 5.41) is 5.79. The molecule has 1 aliphatic heterocycles. The number of nitrogens with zero attached hydrogens (tertiary/aromatic N) is 1. The van der Waals surface area contributed by atoms with E-state index in [1.54, 1.807) is 4.90 Å². The van der Waals surface area contributed by atoms with Crippen LogP contribution in [0.3, 0.4) is 0 Å². The first-order valence-corrected chi connectivity index (χ1v) is 8.14. The van der Waals surface area contributed by atoms with E-state index in [4.69, 9.17) is 0 Å². The van der Waals surface area contributed by atoms with Crippen molar-refractivity contribution in [1.29, 1.82) is 0 Å². The SMILES string of the molecule is Cc1ccccc1NC(=O)C1CCCN1C(=O)Nc1ccccc1. The smallest absolute Gasteiger partial charge is 0.322 e. The lowest BCUT2D eigenvalue weighted by Gasteiger charge is -2.24. The normalized spacial score (nSPS) is 16.7. The monoisotopic (exact) mass is 323 g/mol. The Hall–Kier alpha value is -2.82. The number of urea groups is 1. The summed E-state index contributed by atoms with van der Waals surface area (Å²) in [5.74, 6) is -0.134. The minimum atomic E-state index is -0.437. The molecule has 1 saturated heterocycles. The molecule has 0 saturated carbocycles. The second-order valence-corrected chi connectivity index (χ2v) is 5.95. The maximum absolute atomic E-state index is 12.6. The predicted octanol–water partition coefficient (Wildman–Crippen LogP) is 3.63. The number of hydrogen-bond acceptors (Lipinski definition) is 2. The minimum Gasteiger partial charge on any atom is -0.324 e. The number of hydrogen-bond donors (Lipinski definition) is 2. The van der Waals surface area contributed by atoms with Gasteiger partial charge < -0.3 is 15.5 Å². The molecule has 1 atom stereocenters. The fraction of sp³-hybridized carbons (Fsp3) is 0.263. The Bertz CT molecular complexity index is 730. The van der Waals surface area contributed by atoms with Crippen LogP contribution in [0, 0.1) is 6.92 Å². The largest absolute Gasteiger partial charge is 0.324 e. The van der Waals surface area contributed by atoms with Crippen LogP contribution in [0.2, 0.25) is 0 Å². The molecule has 3 rings (SSSR count). The average molecular weight is 323 g/mol. The van der Waals surface area contributed by atoms with Gasteiger partial charge in [-0.05, 0) is 43.5 Å². The van der Waals surface area contributed by atoms with Gasteiger partial charge in [-0.2, -0.15) is 0 Å². The van der Waals surface area contributed by atoms with Crippen LogP contribution in [0.25, 0.3) is 0 Å².